The lowest BCUT2D eigenvalue weighted by Gasteiger charge is -2.25. The number of halogens is 1. The summed E-state index contributed by atoms with van der Waals surface area (Å²) in [6, 6.07) is 9.95. The van der Waals surface area contributed by atoms with Crippen LogP contribution >= 0.6 is 11.6 Å². The summed E-state index contributed by atoms with van der Waals surface area (Å²) in [7, 11) is 0. The third-order valence-electron chi connectivity index (χ3n) is 3.87. The van der Waals surface area contributed by atoms with Crippen molar-refractivity contribution >= 4 is 29.1 Å². The van der Waals surface area contributed by atoms with Crippen molar-refractivity contribution in [3.8, 4) is 0 Å². The predicted octanol–water partition coefficient (Wildman–Crippen LogP) is 2.07. The number of imide groups is 1. The summed E-state index contributed by atoms with van der Waals surface area (Å²) in [5, 5.41) is 4.43. The molecule has 1 aromatic heterocycles. The highest BCUT2D eigenvalue weighted by molar-refractivity contribution is 6.30. The molecule has 6 nitrogen and oxygen atoms in total. The van der Waals surface area contributed by atoms with E-state index in [0.29, 0.717) is 16.5 Å². The number of benzene rings is 1. The van der Waals surface area contributed by atoms with Crippen LogP contribution in [-0.2, 0) is 14.4 Å². The fourth-order valence-corrected chi connectivity index (χ4v) is 3.02. The van der Waals surface area contributed by atoms with Crippen molar-refractivity contribution in [1.29, 1.82) is 0 Å². The smallest absolute Gasteiger partial charge is 0.259 e. The molecular weight excluding hydrogens is 308 g/mol. The molecule has 2 amide bonds. The lowest BCUT2D eigenvalue weighted by Crippen LogP contribution is -2.33. The van der Waals surface area contributed by atoms with Gasteiger partial charge in [-0.05, 0) is 36.4 Å². The third kappa shape index (κ3) is 1.92. The van der Waals surface area contributed by atoms with Crippen molar-refractivity contribution in [2.45, 2.75) is 12.1 Å². The number of nitrogens with zero attached hydrogens (tertiary/aromatic N) is 1. The number of fused-ring (bicyclic) bond motifs is 1. The zero-order valence-corrected chi connectivity index (χ0v) is 12.0. The van der Waals surface area contributed by atoms with E-state index in [9.17, 15) is 9.59 Å². The summed E-state index contributed by atoms with van der Waals surface area (Å²) in [5.74, 6) is -0.863. The number of furan rings is 1. The van der Waals surface area contributed by atoms with Gasteiger partial charge in [0.05, 0.1) is 12.0 Å². The van der Waals surface area contributed by atoms with Gasteiger partial charge in [0, 0.05) is 5.02 Å². The highest BCUT2D eigenvalue weighted by Gasteiger charge is 2.57. The quantitative estimate of drug-likeness (QED) is 0.858. The minimum atomic E-state index is -0.849. The Morgan fingerprint density at radius 2 is 1.86 bits per heavy atom. The number of carbonyl (C=O) groups is 2. The largest absolute Gasteiger partial charge is 0.467 e. The number of amides is 2. The normalized spacial score (nSPS) is 27.1. The van der Waals surface area contributed by atoms with Gasteiger partial charge in [0.25, 0.3) is 5.91 Å². The molecule has 0 unspecified atom stereocenters. The van der Waals surface area contributed by atoms with Crippen LogP contribution in [0.25, 0.3) is 0 Å². The van der Waals surface area contributed by atoms with Crippen molar-refractivity contribution in [1.82, 2.24) is 5.32 Å². The molecule has 4 rings (SSSR count). The Morgan fingerprint density at radius 3 is 2.55 bits per heavy atom. The Labute approximate surface area is 130 Å². The van der Waals surface area contributed by atoms with E-state index in [1.54, 1.807) is 41.5 Å². The summed E-state index contributed by atoms with van der Waals surface area (Å²) < 4.78 is 5.45. The Balaban J connectivity index is 1.78. The molecule has 0 bridgehead atoms. The minimum absolute atomic E-state index is 0.354. The summed E-state index contributed by atoms with van der Waals surface area (Å²) in [6.45, 7) is 0. The van der Waals surface area contributed by atoms with E-state index in [-0.39, 0.29) is 5.91 Å². The first-order valence-electron chi connectivity index (χ1n) is 6.75. The van der Waals surface area contributed by atoms with Crippen LogP contribution in [0.1, 0.15) is 11.8 Å². The molecule has 3 atom stereocenters. The lowest BCUT2D eigenvalue weighted by atomic mass is 9.94. The number of anilines is 1. The number of nitrogens with one attached hydrogen (secondary N) is 1. The SMILES string of the molecule is O=C1NC(=O)[C@H]2ON(c3ccc(Cl)cc3)[C@@H](c3ccco3)[C@@H]12. The third-order valence-corrected chi connectivity index (χ3v) is 4.12. The fraction of sp³-hybridized carbons (Fsp3) is 0.200. The number of hydrogen-bond acceptors (Lipinski definition) is 5. The van der Waals surface area contributed by atoms with Gasteiger partial charge in [0.1, 0.15) is 17.7 Å². The summed E-state index contributed by atoms with van der Waals surface area (Å²) in [4.78, 5) is 29.7. The topological polar surface area (TPSA) is 71.8 Å². The average Bonchev–Trinajstić information content (AvgIpc) is 3.19. The molecule has 1 aromatic carbocycles. The van der Waals surface area contributed by atoms with Gasteiger partial charge in [0.15, 0.2) is 6.10 Å². The molecule has 2 aliphatic rings. The van der Waals surface area contributed by atoms with E-state index in [0.717, 1.165) is 0 Å². The molecule has 2 saturated heterocycles. The molecule has 112 valence electrons. The first-order valence-corrected chi connectivity index (χ1v) is 7.12. The second-order valence-corrected chi connectivity index (χ2v) is 5.60. The zero-order valence-electron chi connectivity index (χ0n) is 11.2. The standard InChI is InChI=1S/C15H11ClN2O4/c16-8-3-5-9(6-4-8)18-12(10-2-1-7-21-10)11-13(22-18)15(20)17-14(11)19/h1-7,11-13H,(H,17,19,20)/t11-,12+,13+/m1/s1. The first kappa shape index (κ1) is 13.4. The fourth-order valence-electron chi connectivity index (χ4n) is 2.89. The summed E-state index contributed by atoms with van der Waals surface area (Å²) in [5.41, 5.74) is 0.695. The number of hydrogen-bond donors (Lipinski definition) is 1. The average molecular weight is 319 g/mol. The first-order chi connectivity index (χ1) is 10.6. The minimum Gasteiger partial charge on any atom is -0.467 e. The van der Waals surface area contributed by atoms with Gasteiger partial charge in [-0.3, -0.25) is 19.7 Å². The molecule has 2 aromatic rings. The van der Waals surface area contributed by atoms with Gasteiger partial charge in [-0.15, -0.1) is 0 Å². The van der Waals surface area contributed by atoms with Gasteiger partial charge in [-0.1, -0.05) is 11.6 Å². The monoisotopic (exact) mass is 318 g/mol. The van der Waals surface area contributed by atoms with Crippen molar-refractivity contribution < 1.29 is 18.8 Å². The van der Waals surface area contributed by atoms with Crippen LogP contribution in [0.2, 0.25) is 5.02 Å². The predicted molar refractivity (Wildman–Crippen MR) is 76.9 cm³/mol. The van der Waals surface area contributed by atoms with Crippen LogP contribution in [0.4, 0.5) is 5.69 Å². The van der Waals surface area contributed by atoms with Gasteiger partial charge in [-0.2, -0.15) is 0 Å². The Bertz CT molecular complexity index is 729. The van der Waals surface area contributed by atoms with Gasteiger partial charge in [0.2, 0.25) is 5.91 Å². The van der Waals surface area contributed by atoms with Gasteiger partial charge in [-0.25, -0.2) is 5.06 Å². The molecule has 0 aliphatic carbocycles. The molecule has 3 heterocycles. The highest BCUT2D eigenvalue weighted by Crippen LogP contribution is 2.44. The molecule has 1 N–H and O–H groups in total. The van der Waals surface area contributed by atoms with E-state index in [1.807, 2.05) is 0 Å². The zero-order chi connectivity index (χ0) is 15.3. The van der Waals surface area contributed by atoms with Crippen LogP contribution in [0.3, 0.4) is 0 Å². The van der Waals surface area contributed by atoms with Crippen LogP contribution in [0.15, 0.2) is 47.1 Å². The molecule has 2 fully saturated rings. The van der Waals surface area contributed by atoms with Gasteiger partial charge >= 0.3 is 0 Å². The van der Waals surface area contributed by atoms with Crippen LogP contribution in [-0.4, -0.2) is 17.9 Å². The Kier molecular flexibility index (Phi) is 2.95. The van der Waals surface area contributed by atoms with E-state index in [4.69, 9.17) is 20.9 Å². The summed E-state index contributed by atoms with van der Waals surface area (Å²) in [6.07, 6.45) is 0.676. The molecule has 22 heavy (non-hydrogen) atoms. The van der Waals surface area contributed by atoms with Crippen LogP contribution < -0.4 is 10.4 Å². The number of rotatable bonds is 2. The molecular formula is C15H11ClN2O4. The maximum atomic E-state index is 12.1. The number of carbonyl (C=O) groups excluding carboxylic acids is 2. The van der Waals surface area contributed by atoms with Crippen LogP contribution in [0, 0.1) is 5.92 Å². The molecule has 0 saturated carbocycles. The maximum absolute atomic E-state index is 12.1. The van der Waals surface area contributed by atoms with Crippen molar-refractivity contribution in [3.63, 3.8) is 0 Å². The molecule has 0 spiro atoms. The maximum Gasteiger partial charge on any atom is 0.259 e. The lowest BCUT2D eigenvalue weighted by molar-refractivity contribution is -0.129. The molecule has 0 radical (unpaired) electrons. The van der Waals surface area contributed by atoms with Gasteiger partial charge < -0.3 is 4.42 Å². The summed E-state index contributed by atoms with van der Waals surface area (Å²) >= 11 is 5.90. The molecule has 2 aliphatic heterocycles. The van der Waals surface area contributed by atoms with Crippen molar-refractivity contribution in [3.05, 3.63) is 53.4 Å². The second kappa shape index (κ2) is 4.86. The van der Waals surface area contributed by atoms with E-state index < -0.39 is 24.0 Å². The second-order valence-electron chi connectivity index (χ2n) is 5.17. The van der Waals surface area contributed by atoms with E-state index >= 15 is 0 Å². The van der Waals surface area contributed by atoms with Crippen molar-refractivity contribution in [2.24, 2.45) is 5.92 Å². The van der Waals surface area contributed by atoms with E-state index in [1.165, 1.54) is 6.26 Å². The van der Waals surface area contributed by atoms with Crippen LogP contribution in [0.5, 0.6) is 0 Å². The van der Waals surface area contributed by atoms with Crippen molar-refractivity contribution in [2.75, 3.05) is 5.06 Å². The Morgan fingerprint density at radius 1 is 1.09 bits per heavy atom. The Hall–Kier alpha value is -2.31. The number of hydroxylamine groups is 1. The molecule has 7 heteroatoms. The van der Waals surface area contributed by atoms with E-state index in [2.05, 4.69) is 5.32 Å². The highest BCUT2D eigenvalue weighted by atomic mass is 35.5.